The van der Waals surface area contributed by atoms with Crippen molar-refractivity contribution in [2.75, 3.05) is 72.0 Å². The number of nitrogens with two attached hydrogens (primary N) is 2. The summed E-state index contributed by atoms with van der Waals surface area (Å²) in [5.74, 6) is 0.643. The van der Waals surface area contributed by atoms with Crippen molar-refractivity contribution in [3.63, 3.8) is 0 Å². The predicted molar refractivity (Wildman–Crippen MR) is 336 cm³/mol. The van der Waals surface area contributed by atoms with Crippen LogP contribution in [-0.2, 0) is 34.5 Å². The zero-order chi connectivity index (χ0) is 62.3. The fourth-order valence-corrected chi connectivity index (χ4v) is 11.3. The van der Waals surface area contributed by atoms with Gasteiger partial charge in [0, 0.05) is 154 Å². The van der Waals surface area contributed by atoms with E-state index in [0.717, 1.165) is 65.7 Å². The lowest BCUT2D eigenvalue weighted by atomic mass is 9.82. The zero-order valence-electron chi connectivity index (χ0n) is 50.1. The van der Waals surface area contributed by atoms with Crippen molar-refractivity contribution in [3.8, 4) is 23.3 Å². The first kappa shape index (κ1) is 60.5. The molecule has 26 heteroatoms. The Morgan fingerprint density at radius 1 is 0.523 bits per heavy atom. The summed E-state index contributed by atoms with van der Waals surface area (Å²) >= 11 is 3.49. The highest BCUT2D eigenvalue weighted by molar-refractivity contribution is 9.10. The highest BCUT2D eigenvalue weighted by Crippen LogP contribution is 2.37. The Kier molecular flexibility index (Phi) is 16.6. The summed E-state index contributed by atoms with van der Waals surface area (Å²) in [4.78, 5) is 27.0. The van der Waals surface area contributed by atoms with Crippen LogP contribution in [0, 0.1) is 34.3 Å². The molecule has 4 N–H and O–H groups in total. The lowest BCUT2D eigenvalue weighted by Gasteiger charge is -2.36. The standard InChI is InChI=1S/C28H27FN10.C24H22BrFN8.C10H17BN2O2/c1-28(31,22-3-5-24(29)6-4-22)23-15-32-27(33-16-23)38-9-7-37(8-10-38)26-20(12-30)13-35-39-18-19(11-25(26)39)21-14-34-36(2)17-21;1-24(28,17-2-4-20(26)5-3-17)18-13-29-23(30-14-18)33-8-6-32(7-9-33)22-16(11-27)12-31-34-15-19(25)10-21(22)34;1-9(2)10(3,4)15-11(14-9)8-6-12-13(5)7-8/h3-6,11,13-18H,7-10,31H2,1-2H3;2-5,10,12-15H,6-9,28H2,1H3;6-7H,1-5H3/t28-;24-;/m00./s1. The number of aromatic nitrogens is 12. The molecule has 3 aliphatic heterocycles. The van der Waals surface area contributed by atoms with Crippen molar-refractivity contribution in [1.82, 2.24) is 58.7 Å². The molecule has 0 spiro atoms. The van der Waals surface area contributed by atoms with Crippen molar-refractivity contribution in [2.45, 2.75) is 63.8 Å². The molecule has 3 saturated heterocycles. The van der Waals surface area contributed by atoms with Crippen LogP contribution in [0.15, 0.2) is 139 Å². The van der Waals surface area contributed by atoms with E-state index in [-0.39, 0.29) is 30.0 Å². The zero-order valence-corrected chi connectivity index (χ0v) is 51.7. The number of nitrogens with zero attached hydrogens (tertiary/aromatic N) is 18. The van der Waals surface area contributed by atoms with E-state index >= 15 is 0 Å². The van der Waals surface area contributed by atoms with E-state index in [9.17, 15) is 19.3 Å². The van der Waals surface area contributed by atoms with E-state index in [2.05, 4.69) is 94.1 Å². The molecule has 0 bridgehead atoms. The summed E-state index contributed by atoms with van der Waals surface area (Å²) in [6, 6.07) is 20.9. The number of anilines is 4. The van der Waals surface area contributed by atoms with Gasteiger partial charge in [-0.2, -0.15) is 30.9 Å². The number of hydrogen-bond donors (Lipinski definition) is 2. The maximum Gasteiger partial charge on any atom is 0.498 e. The SMILES string of the molecule is C[C@](N)(c1ccc(F)cc1)c1cnc(N2CCN(c3c(C#N)cnn4cc(Br)cc34)CC2)nc1.Cn1cc(-c2cc3c(N4CCN(c5ncc([C@@](C)(N)c6ccc(F)cc6)cn5)CC4)c(C#N)cnn3c2)cn1.Cn1cc(B2OC(C)(C)C(C)(C)O2)cn1. The molecule has 0 amide bonds. The smallest absolute Gasteiger partial charge is 0.399 e. The van der Waals surface area contributed by atoms with E-state index in [4.69, 9.17) is 20.8 Å². The van der Waals surface area contributed by atoms with E-state index in [1.807, 2.05) is 97.2 Å². The number of halogens is 3. The Morgan fingerprint density at radius 2 is 0.932 bits per heavy atom. The molecule has 0 saturated carbocycles. The molecule has 2 atom stereocenters. The summed E-state index contributed by atoms with van der Waals surface area (Å²) in [6.45, 7) is 17.5. The van der Waals surface area contributed by atoms with Crippen LogP contribution in [-0.4, -0.2) is 129 Å². The Balaban J connectivity index is 0.000000149. The molecule has 88 heavy (non-hydrogen) atoms. The van der Waals surface area contributed by atoms with Crippen LogP contribution in [0.3, 0.4) is 0 Å². The van der Waals surface area contributed by atoms with Gasteiger partial charge >= 0.3 is 7.12 Å². The van der Waals surface area contributed by atoms with Crippen LogP contribution in [0.2, 0.25) is 0 Å². The van der Waals surface area contributed by atoms with Crippen molar-refractivity contribution >= 4 is 62.8 Å². The molecule has 22 nitrogen and oxygen atoms in total. The third kappa shape index (κ3) is 12.3. The Morgan fingerprint density at radius 3 is 1.34 bits per heavy atom. The molecule has 0 unspecified atom stereocenters. The molecule has 10 aromatic rings. The van der Waals surface area contributed by atoms with Crippen LogP contribution in [0.4, 0.5) is 32.1 Å². The average Bonchev–Trinajstić information content (AvgIpc) is 1.93. The highest BCUT2D eigenvalue weighted by atomic mass is 79.9. The summed E-state index contributed by atoms with van der Waals surface area (Å²) < 4.78 is 46.5. The Hall–Kier alpha value is -9.18. The van der Waals surface area contributed by atoms with Gasteiger partial charge in [-0.3, -0.25) is 9.36 Å². The maximum atomic E-state index is 13.4. The minimum absolute atomic E-state index is 0.284. The maximum absolute atomic E-state index is 13.4. The van der Waals surface area contributed by atoms with Crippen LogP contribution < -0.4 is 36.5 Å². The van der Waals surface area contributed by atoms with Crippen molar-refractivity contribution in [2.24, 2.45) is 25.6 Å². The van der Waals surface area contributed by atoms with Crippen LogP contribution in [0.25, 0.3) is 22.2 Å². The van der Waals surface area contributed by atoms with Gasteiger partial charge < -0.3 is 40.4 Å². The minimum atomic E-state index is -0.850. The molecule has 8 aromatic heterocycles. The second kappa shape index (κ2) is 24.2. The molecule has 450 valence electrons. The Labute approximate surface area is 516 Å². The third-order valence-electron chi connectivity index (χ3n) is 16.8. The number of rotatable bonds is 10. The van der Waals surface area contributed by atoms with E-state index in [1.54, 1.807) is 81.5 Å². The first-order valence-corrected chi connectivity index (χ1v) is 29.4. The predicted octanol–water partition coefficient (Wildman–Crippen LogP) is 7.25. The van der Waals surface area contributed by atoms with Gasteiger partial charge in [-0.15, -0.1) is 0 Å². The van der Waals surface area contributed by atoms with Crippen molar-refractivity contribution in [3.05, 3.63) is 185 Å². The van der Waals surface area contributed by atoms with Gasteiger partial charge in [0.25, 0.3) is 0 Å². The minimum Gasteiger partial charge on any atom is -0.399 e. The number of fused-ring (bicyclic) bond motifs is 2. The van der Waals surface area contributed by atoms with Crippen LogP contribution >= 0.6 is 15.9 Å². The van der Waals surface area contributed by atoms with Gasteiger partial charge in [0.05, 0.1) is 74.4 Å². The fourth-order valence-electron chi connectivity index (χ4n) is 10.8. The quantitative estimate of drug-likeness (QED) is 0.128. The number of nitriles is 2. The summed E-state index contributed by atoms with van der Waals surface area (Å²) in [5.41, 5.74) is 21.5. The largest absolute Gasteiger partial charge is 0.498 e. The average molecular weight is 1250 g/mol. The number of piperazine rings is 2. The van der Waals surface area contributed by atoms with Gasteiger partial charge in [-0.25, -0.2) is 37.7 Å². The molecular formula is C62H66BBrF2N20O2. The lowest BCUT2D eigenvalue weighted by Crippen LogP contribution is -2.47. The highest BCUT2D eigenvalue weighted by Gasteiger charge is 2.52. The van der Waals surface area contributed by atoms with Crippen LogP contribution in [0.5, 0.6) is 0 Å². The first-order chi connectivity index (χ1) is 42.0. The van der Waals surface area contributed by atoms with E-state index < -0.39 is 11.1 Å². The van der Waals surface area contributed by atoms with Gasteiger partial charge in [0.15, 0.2) is 0 Å². The Bertz CT molecular complexity index is 4180. The molecule has 0 radical (unpaired) electrons. The summed E-state index contributed by atoms with van der Waals surface area (Å²) in [7, 11) is 3.46. The van der Waals surface area contributed by atoms with Gasteiger partial charge in [-0.1, -0.05) is 24.3 Å². The summed E-state index contributed by atoms with van der Waals surface area (Å²) in [5, 5.41) is 36.7. The fraction of sp³-hybridized carbons (Fsp3) is 0.323. The number of hydrogen-bond acceptors (Lipinski definition) is 18. The molecule has 3 fully saturated rings. The van der Waals surface area contributed by atoms with Gasteiger partial charge in [-0.05, 0) is 105 Å². The van der Waals surface area contributed by atoms with Gasteiger partial charge in [0.1, 0.15) is 23.8 Å². The molecule has 2 aromatic carbocycles. The van der Waals surface area contributed by atoms with Crippen molar-refractivity contribution < 1.29 is 18.1 Å². The third-order valence-corrected chi connectivity index (χ3v) is 17.3. The number of aryl methyl sites for hydroxylation is 2. The molecule has 13 rings (SSSR count). The van der Waals surface area contributed by atoms with Crippen LogP contribution in [0.1, 0.15) is 74.9 Å². The summed E-state index contributed by atoms with van der Waals surface area (Å²) in [6.07, 6.45) is 21.5. The molecule has 11 heterocycles. The lowest BCUT2D eigenvalue weighted by molar-refractivity contribution is 0.00578. The van der Waals surface area contributed by atoms with E-state index in [0.29, 0.717) is 75.4 Å². The molecule has 3 aliphatic rings. The topological polar surface area (TPSA) is 253 Å². The normalized spacial score (nSPS) is 16.9. The molecule has 0 aliphatic carbocycles. The van der Waals surface area contributed by atoms with Crippen molar-refractivity contribution in [1.29, 1.82) is 10.5 Å². The second-order valence-corrected chi connectivity index (χ2v) is 24.3. The number of benzene rings is 2. The monoisotopic (exact) mass is 1250 g/mol. The first-order valence-electron chi connectivity index (χ1n) is 28.6. The molecular weight excluding hydrogens is 1190 g/mol. The van der Waals surface area contributed by atoms with Gasteiger partial charge in [0.2, 0.25) is 11.9 Å². The second-order valence-electron chi connectivity index (χ2n) is 23.4. The van der Waals surface area contributed by atoms with E-state index in [1.165, 1.54) is 24.3 Å².